The third-order valence-electron chi connectivity index (χ3n) is 7.60. The number of hydrogen-bond acceptors (Lipinski definition) is 4. The molecule has 0 aliphatic carbocycles. The molecule has 0 radical (unpaired) electrons. The molecule has 3 atom stereocenters. The van der Waals surface area contributed by atoms with Crippen LogP contribution in [-0.4, -0.2) is 65.8 Å². The lowest BCUT2D eigenvalue weighted by atomic mass is 9.69. The van der Waals surface area contributed by atoms with Crippen LogP contribution in [0.5, 0.6) is 0 Å². The topological polar surface area (TPSA) is 95.7 Å². The third kappa shape index (κ3) is 5.77. The van der Waals surface area contributed by atoms with Gasteiger partial charge in [0.25, 0.3) is 0 Å². The molecule has 37 heavy (non-hydrogen) atoms. The second-order valence-electron chi connectivity index (χ2n) is 11.0. The van der Waals surface area contributed by atoms with Crippen molar-refractivity contribution in [3.63, 3.8) is 0 Å². The van der Waals surface area contributed by atoms with E-state index in [2.05, 4.69) is 17.4 Å². The van der Waals surface area contributed by atoms with Crippen LogP contribution in [0.15, 0.2) is 66.7 Å². The Morgan fingerprint density at radius 1 is 1.14 bits per heavy atom. The molecule has 2 aromatic carbocycles. The maximum atomic E-state index is 13.9. The highest BCUT2D eigenvalue weighted by molar-refractivity contribution is 5.93. The number of hydrogen-bond donors (Lipinski definition) is 2. The molecule has 2 aliphatic rings. The van der Waals surface area contributed by atoms with Crippen molar-refractivity contribution < 1.29 is 14.4 Å². The monoisotopic (exact) mass is 502 g/mol. The van der Waals surface area contributed by atoms with Gasteiger partial charge in [-0.1, -0.05) is 72.8 Å². The summed E-state index contributed by atoms with van der Waals surface area (Å²) in [6, 6.07) is 19.2. The molecule has 4 rings (SSSR count). The van der Waals surface area contributed by atoms with Crippen LogP contribution in [0.25, 0.3) is 6.08 Å². The van der Waals surface area contributed by atoms with Gasteiger partial charge in [-0.05, 0) is 44.2 Å². The highest BCUT2D eigenvalue weighted by Gasteiger charge is 2.55. The fourth-order valence-electron chi connectivity index (χ4n) is 5.59. The Bertz CT molecular complexity index is 1140. The zero-order valence-electron chi connectivity index (χ0n) is 22.0. The molecule has 7 heteroatoms. The van der Waals surface area contributed by atoms with Gasteiger partial charge in [0.15, 0.2) is 0 Å². The largest absolute Gasteiger partial charge is 0.345 e. The van der Waals surface area contributed by atoms with Crippen LogP contribution < -0.4 is 11.1 Å². The number of carbonyl (C=O) groups is 3. The Morgan fingerprint density at radius 3 is 2.43 bits per heavy atom. The van der Waals surface area contributed by atoms with Gasteiger partial charge in [-0.15, -0.1) is 0 Å². The van der Waals surface area contributed by atoms with Gasteiger partial charge in [-0.3, -0.25) is 14.4 Å². The second-order valence-corrected chi connectivity index (χ2v) is 11.0. The van der Waals surface area contributed by atoms with Crippen molar-refractivity contribution in [3.05, 3.63) is 77.9 Å². The van der Waals surface area contributed by atoms with Crippen LogP contribution in [0.4, 0.5) is 0 Å². The molecular weight excluding hydrogens is 464 g/mol. The van der Waals surface area contributed by atoms with Crippen molar-refractivity contribution >= 4 is 23.8 Å². The molecule has 2 fully saturated rings. The lowest BCUT2D eigenvalue weighted by molar-refractivity contribution is -0.145. The van der Waals surface area contributed by atoms with Crippen LogP contribution in [0.3, 0.4) is 0 Å². The molecule has 7 nitrogen and oxygen atoms in total. The quantitative estimate of drug-likeness (QED) is 0.608. The van der Waals surface area contributed by atoms with Crippen molar-refractivity contribution in [3.8, 4) is 0 Å². The molecule has 2 aromatic rings. The van der Waals surface area contributed by atoms with Gasteiger partial charge in [-0.2, -0.15) is 0 Å². The first-order chi connectivity index (χ1) is 17.6. The number of nitrogens with two attached hydrogens (primary N) is 1. The molecule has 0 bridgehead atoms. The smallest absolute Gasteiger partial charge is 0.245 e. The Morgan fingerprint density at radius 2 is 1.78 bits per heavy atom. The normalized spacial score (nSPS) is 23.0. The molecule has 3 amide bonds. The van der Waals surface area contributed by atoms with Crippen molar-refractivity contribution in [2.45, 2.75) is 50.6 Å². The minimum absolute atomic E-state index is 0.00999. The number of nitrogens with zero attached hydrogens (tertiary/aromatic N) is 2. The first kappa shape index (κ1) is 26.6. The maximum Gasteiger partial charge on any atom is 0.245 e. The summed E-state index contributed by atoms with van der Waals surface area (Å²) in [7, 11) is 1.84. The average Bonchev–Trinajstić information content (AvgIpc) is 3.13. The van der Waals surface area contributed by atoms with Gasteiger partial charge in [0.05, 0.1) is 11.0 Å². The molecule has 0 saturated carbocycles. The Kier molecular flexibility index (Phi) is 7.83. The molecule has 1 spiro atoms. The molecule has 2 heterocycles. The van der Waals surface area contributed by atoms with E-state index in [1.54, 1.807) is 23.6 Å². The summed E-state index contributed by atoms with van der Waals surface area (Å²) in [5.74, 6) is -0.463. The first-order valence-corrected chi connectivity index (χ1v) is 13.0. The lowest BCUT2D eigenvalue weighted by Crippen LogP contribution is -2.59. The van der Waals surface area contributed by atoms with Crippen LogP contribution in [0.1, 0.15) is 50.2 Å². The van der Waals surface area contributed by atoms with Gasteiger partial charge >= 0.3 is 0 Å². The van der Waals surface area contributed by atoms with Crippen molar-refractivity contribution in [2.75, 3.05) is 26.7 Å². The van der Waals surface area contributed by atoms with Crippen molar-refractivity contribution in [2.24, 2.45) is 11.1 Å². The fraction of sp³-hybridized carbons (Fsp3) is 0.433. The van der Waals surface area contributed by atoms with E-state index in [9.17, 15) is 14.4 Å². The van der Waals surface area contributed by atoms with E-state index in [1.165, 1.54) is 0 Å². The highest BCUT2D eigenvalue weighted by atomic mass is 16.2. The summed E-state index contributed by atoms with van der Waals surface area (Å²) in [6.07, 6.45) is 5.65. The van der Waals surface area contributed by atoms with E-state index < -0.39 is 17.0 Å². The molecule has 2 aliphatic heterocycles. The van der Waals surface area contributed by atoms with Gasteiger partial charge in [0.2, 0.25) is 17.7 Å². The standard InChI is InChI=1S/C30H38N4O3/c1-29(2,31)27(36)32-25(17-10-14-22-12-6-4-7-13-22)26(35)34-19-11-18-30(21-34)24(20-33(3)28(30)37)23-15-8-5-9-16-23/h4-10,12-16,24-25H,11,17-21,31H2,1-3H3,(H,32,36)/b14-10+/t24?,25?,30-/m0/s1. The van der Waals surface area contributed by atoms with E-state index in [-0.39, 0.29) is 23.6 Å². The van der Waals surface area contributed by atoms with E-state index in [0.717, 1.165) is 24.0 Å². The van der Waals surface area contributed by atoms with Gasteiger partial charge < -0.3 is 20.9 Å². The Labute approximate surface area is 219 Å². The highest BCUT2D eigenvalue weighted by Crippen LogP contribution is 2.49. The predicted molar refractivity (Wildman–Crippen MR) is 145 cm³/mol. The minimum atomic E-state index is -1.12. The van der Waals surface area contributed by atoms with Crippen LogP contribution in [0, 0.1) is 5.41 Å². The van der Waals surface area contributed by atoms with Crippen molar-refractivity contribution in [1.29, 1.82) is 0 Å². The number of piperidine rings is 1. The first-order valence-electron chi connectivity index (χ1n) is 13.0. The van der Waals surface area contributed by atoms with E-state index in [4.69, 9.17) is 5.73 Å². The Hall–Kier alpha value is -3.45. The van der Waals surface area contributed by atoms with Crippen LogP contribution in [-0.2, 0) is 14.4 Å². The van der Waals surface area contributed by atoms with Crippen LogP contribution >= 0.6 is 0 Å². The number of carbonyl (C=O) groups excluding carboxylic acids is 3. The summed E-state index contributed by atoms with van der Waals surface area (Å²) >= 11 is 0. The number of amides is 3. The Balaban J connectivity index is 1.58. The summed E-state index contributed by atoms with van der Waals surface area (Å²) < 4.78 is 0. The summed E-state index contributed by atoms with van der Waals surface area (Å²) in [5, 5.41) is 2.88. The minimum Gasteiger partial charge on any atom is -0.345 e. The van der Waals surface area contributed by atoms with Gasteiger partial charge in [0.1, 0.15) is 6.04 Å². The summed E-state index contributed by atoms with van der Waals surface area (Å²) in [6.45, 7) is 4.77. The zero-order chi connectivity index (χ0) is 26.6. The van der Waals surface area contributed by atoms with E-state index >= 15 is 0 Å². The maximum absolute atomic E-state index is 13.9. The molecule has 0 aromatic heterocycles. The number of likely N-dealkylation sites (N-methyl/N-ethyl adjacent to an activating group) is 1. The summed E-state index contributed by atoms with van der Waals surface area (Å²) in [4.78, 5) is 43.8. The molecular formula is C30H38N4O3. The molecule has 196 valence electrons. The molecule has 3 N–H and O–H groups in total. The van der Waals surface area contributed by atoms with Crippen LogP contribution in [0.2, 0.25) is 0 Å². The number of benzene rings is 2. The van der Waals surface area contributed by atoms with Gasteiger partial charge in [-0.25, -0.2) is 0 Å². The van der Waals surface area contributed by atoms with E-state index in [0.29, 0.717) is 26.1 Å². The zero-order valence-corrected chi connectivity index (χ0v) is 22.0. The number of likely N-dealkylation sites (tertiary alicyclic amines) is 2. The average molecular weight is 503 g/mol. The SMILES string of the molecule is CN1CC(c2ccccc2)[C@@]2(CCCN(C(=O)C(C/C=C/c3ccccc3)NC(=O)C(C)(C)N)C2)C1=O. The lowest BCUT2D eigenvalue weighted by Gasteiger charge is -2.43. The molecule has 2 saturated heterocycles. The molecule has 2 unspecified atom stereocenters. The number of rotatable bonds is 7. The fourth-order valence-corrected chi connectivity index (χ4v) is 5.59. The van der Waals surface area contributed by atoms with Gasteiger partial charge in [0, 0.05) is 32.6 Å². The van der Waals surface area contributed by atoms with Crippen molar-refractivity contribution in [1.82, 2.24) is 15.1 Å². The second kappa shape index (κ2) is 10.9. The van der Waals surface area contributed by atoms with E-state index in [1.807, 2.05) is 67.7 Å². The number of nitrogens with one attached hydrogen (secondary N) is 1. The summed E-state index contributed by atoms with van der Waals surface area (Å²) in [5.41, 5.74) is 6.39. The third-order valence-corrected chi connectivity index (χ3v) is 7.60. The predicted octanol–water partition coefficient (Wildman–Crippen LogP) is 3.18.